The highest BCUT2D eigenvalue weighted by Gasteiger charge is 2.05. The Balaban J connectivity index is 3.38. The summed E-state index contributed by atoms with van der Waals surface area (Å²) in [6.45, 7) is 6.23. The zero-order valence-electron chi connectivity index (χ0n) is 7.46. The Morgan fingerprint density at radius 3 is 2.58 bits per heavy atom. The van der Waals surface area contributed by atoms with Gasteiger partial charge in [-0.25, -0.2) is 4.79 Å². The molecule has 0 spiro atoms. The van der Waals surface area contributed by atoms with Gasteiger partial charge in [0.25, 0.3) is 0 Å². The van der Waals surface area contributed by atoms with E-state index < -0.39 is 5.97 Å². The summed E-state index contributed by atoms with van der Waals surface area (Å²) in [5, 5.41) is 0. The van der Waals surface area contributed by atoms with E-state index in [9.17, 15) is 4.79 Å². The van der Waals surface area contributed by atoms with Gasteiger partial charge in [-0.1, -0.05) is 6.58 Å². The second kappa shape index (κ2) is 6.82. The molecule has 4 heteroatoms. The summed E-state index contributed by atoms with van der Waals surface area (Å²) in [6.07, 6.45) is 0. The number of carbonyl (C=O) groups excluding carboxylic acids is 1. The van der Waals surface area contributed by atoms with E-state index in [4.69, 9.17) is 9.47 Å². The molecule has 0 aromatic carbocycles. The molecule has 12 heavy (non-hydrogen) atoms. The first-order chi connectivity index (χ1) is 5.72. The molecule has 0 rings (SSSR count). The number of rotatable bonds is 6. The van der Waals surface area contributed by atoms with Gasteiger partial charge in [0.05, 0.1) is 19.3 Å². The van der Waals surface area contributed by atoms with E-state index in [1.54, 1.807) is 0 Å². The maximum Gasteiger partial charge on any atom is 0.335 e. The summed E-state index contributed by atoms with van der Waals surface area (Å²) >= 11 is 0. The zero-order valence-corrected chi connectivity index (χ0v) is 7.46. The Labute approximate surface area is 72.1 Å². The molecule has 0 aromatic rings. The highest BCUT2D eigenvalue weighted by atomic mass is 16.7. The van der Waals surface area contributed by atoms with Crippen molar-refractivity contribution in [2.24, 2.45) is 0 Å². The molecule has 0 aliphatic carbocycles. The molecule has 0 aromatic heterocycles. The number of ether oxygens (including phenoxy) is 3. The van der Waals surface area contributed by atoms with E-state index in [1.165, 1.54) is 7.11 Å². The third kappa shape index (κ3) is 4.87. The lowest BCUT2D eigenvalue weighted by Crippen LogP contribution is -2.11. The van der Waals surface area contributed by atoms with E-state index >= 15 is 0 Å². The predicted molar refractivity (Wildman–Crippen MR) is 43.6 cm³/mol. The van der Waals surface area contributed by atoms with E-state index in [2.05, 4.69) is 11.3 Å². The minimum Gasteiger partial charge on any atom is -0.466 e. The molecule has 0 unspecified atom stereocenters. The summed E-state index contributed by atoms with van der Waals surface area (Å²) in [5.74, 6) is -0.452. The quantitative estimate of drug-likeness (QED) is 0.258. The van der Waals surface area contributed by atoms with Crippen molar-refractivity contribution in [3.8, 4) is 0 Å². The molecular formula is C8H14O4. The van der Waals surface area contributed by atoms with E-state index in [-0.39, 0.29) is 19.0 Å². The average molecular weight is 174 g/mol. The van der Waals surface area contributed by atoms with E-state index in [0.717, 1.165) is 0 Å². The van der Waals surface area contributed by atoms with Crippen LogP contribution in [-0.2, 0) is 19.0 Å². The van der Waals surface area contributed by atoms with Crippen LogP contribution in [0.25, 0.3) is 0 Å². The van der Waals surface area contributed by atoms with Crippen LogP contribution in [0.1, 0.15) is 6.92 Å². The summed E-state index contributed by atoms with van der Waals surface area (Å²) in [4.78, 5) is 10.7. The van der Waals surface area contributed by atoms with Crippen LogP contribution < -0.4 is 0 Å². The number of hydrogen-bond donors (Lipinski definition) is 0. The molecule has 0 bridgehead atoms. The standard InChI is InChI=1S/C8H14O4/c1-4-11-6-12-5-7(2)8(9)10-3/h2,4-6H2,1,3H3. The number of methoxy groups -OCH3 is 1. The lowest BCUT2D eigenvalue weighted by atomic mass is 10.3. The van der Waals surface area contributed by atoms with Gasteiger partial charge in [-0.15, -0.1) is 0 Å². The number of hydrogen-bond acceptors (Lipinski definition) is 4. The molecule has 0 amide bonds. The van der Waals surface area contributed by atoms with Crippen LogP contribution in [0, 0.1) is 0 Å². The smallest absolute Gasteiger partial charge is 0.335 e. The van der Waals surface area contributed by atoms with Crippen molar-refractivity contribution < 1.29 is 19.0 Å². The average Bonchev–Trinajstić information content (AvgIpc) is 2.10. The summed E-state index contributed by atoms with van der Waals surface area (Å²) < 4.78 is 14.2. The minimum absolute atomic E-state index is 0.146. The molecule has 0 N–H and O–H groups in total. The summed E-state index contributed by atoms with van der Waals surface area (Å²) in [7, 11) is 1.30. The second-order valence-corrected chi connectivity index (χ2v) is 2.05. The molecule has 0 saturated heterocycles. The molecule has 0 heterocycles. The van der Waals surface area contributed by atoms with E-state index in [1.807, 2.05) is 6.92 Å². The van der Waals surface area contributed by atoms with Crippen molar-refractivity contribution in [1.29, 1.82) is 0 Å². The van der Waals surface area contributed by atoms with Crippen LogP contribution in [0.15, 0.2) is 12.2 Å². The monoisotopic (exact) mass is 174 g/mol. The van der Waals surface area contributed by atoms with Gasteiger partial charge in [0, 0.05) is 6.61 Å². The molecule has 0 saturated carbocycles. The molecule has 0 atom stereocenters. The van der Waals surface area contributed by atoms with Crippen molar-refractivity contribution in [2.75, 3.05) is 27.1 Å². The first kappa shape index (κ1) is 11.1. The van der Waals surface area contributed by atoms with Gasteiger partial charge in [-0.05, 0) is 6.92 Å². The largest absolute Gasteiger partial charge is 0.466 e. The van der Waals surface area contributed by atoms with Crippen molar-refractivity contribution in [3.05, 3.63) is 12.2 Å². The molecule has 0 aliphatic heterocycles. The molecular weight excluding hydrogens is 160 g/mol. The third-order valence-electron chi connectivity index (χ3n) is 1.12. The van der Waals surface area contributed by atoms with Crippen LogP contribution in [0.4, 0.5) is 0 Å². The van der Waals surface area contributed by atoms with Crippen LogP contribution in [0.5, 0.6) is 0 Å². The van der Waals surface area contributed by atoms with Gasteiger partial charge in [-0.2, -0.15) is 0 Å². The van der Waals surface area contributed by atoms with E-state index in [0.29, 0.717) is 6.61 Å². The van der Waals surface area contributed by atoms with Crippen LogP contribution in [0.3, 0.4) is 0 Å². The lowest BCUT2D eigenvalue weighted by Gasteiger charge is -2.04. The first-order valence-electron chi connectivity index (χ1n) is 3.64. The zero-order chi connectivity index (χ0) is 9.40. The molecule has 0 fully saturated rings. The highest BCUT2D eigenvalue weighted by molar-refractivity contribution is 5.87. The maximum absolute atomic E-state index is 10.7. The normalized spacial score (nSPS) is 9.50. The van der Waals surface area contributed by atoms with Crippen LogP contribution in [0.2, 0.25) is 0 Å². The van der Waals surface area contributed by atoms with Crippen LogP contribution in [-0.4, -0.2) is 33.1 Å². The Morgan fingerprint density at radius 2 is 2.08 bits per heavy atom. The molecule has 4 nitrogen and oxygen atoms in total. The van der Waals surface area contributed by atoms with Crippen molar-refractivity contribution in [3.63, 3.8) is 0 Å². The fourth-order valence-electron chi connectivity index (χ4n) is 0.510. The number of esters is 1. The summed E-state index contributed by atoms with van der Waals surface area (Å²) in [5.41, 5.74) is 0.289. The lowest BCUT2D eigenvalue weighted by molar-refractivity contribution is -0.137. The Morgan fingerprint density at radius 1 is 1.42 bits per heavy atom. The topological polar surface area (TPSA) is 44.8 Å². The highest BCUT2D eigenvalue weighted by Crippen LogP contribution is 1.94. The van der Waals surface area contributed by atoms with Gasteiger partial charge in [0.1, 0.15) is 6.79 Å². The summed E-state index contributed by atoms with van der Waals surface area (Å²) in [6, 6.07) is 0. The first-order valence-corrected chi connectivity index (χ1v) is 3.64. The Bertz CT molecular complexity index is 153. The van der Waals surface area contributed by atoms with Gasteiger partial charge in [0.2, 0.25) is 0 Å². The predicted octanol–water partition coefficient (Wildman–Crippen LogP) is 0.726. The van der Waals surface area contributed by atoms with Gasteiger partial charge < -0.3 is 14.2 Å². The molecule has 0 aliphatic rings. The minimum atomic E-state index is -0.452. The molecule has 0 radical (unpaired) electrons. The Hall–Kier alpha value is -0.870. The SMILES string of the molecule is C=C(COCOCC)C(=O)OC. The molecule has 70 valence electrons. The van der Waals surface area contributed by atoms with Crippen LogP contribution >= 0.6 is 0 Å². The van der Waals surface area contributed by atoms with Crippen molar-refractivity contribution in [1.82, 2.24) is 0 Å². The Kier molecular flexibility index (Phi) is 6.32. The van der Waals surface area contributed by atoms with Gasteiger partial charge in [0.15, 0.2) is 0 Å². The van der Waals surface area contributed by atoms with Gasteiger partial charge in [-0.3, -0.25) is 0 Å². The van der Waals surface area contributed by atoms with Gasteiger partial charge >= 0.3 is 5.97 Å². The van der Waals surface area contributed by atoms with Crippen molar-refractivity contribution in [2.45, 2.75) is 6.92 Å². The second-order valence-electron chi connectivity index (χ2n) is 2.05. The maximum atomic E-state index is 10.7. The number of carbonyl (C=O) groups is 1. The fourth-order valence-corrected chi connectivity index (χ4v) is 0.510. The fraction of sp³-hybridized carbons (Fsp3) is 0.625. The third-order valence-corrected chi connectivity index (χ3v) is 1.12. The van der Waals surface area contributed by atoms with Crippen molar-refractivity contribution >= 4 is 5.97 Å².